The van der Waals surface area contributed by atoms with E-state index in [2.05, 4.69) is 4.98 Å². The molecule has 0 aliphatic carbocycles. The first-order chi connectivity index (χ1) is 14.5. The number of benzene rings is 1. The number of fused-ring (bicyclic) bond motifs is 1. The lowest BCUT2D eigenvalue weighted by Crippen LogP contribution is -2.54. The van der Waals surface area contributed by atoms with Crippen molar-refractivity contribution in [2.24, 2.45) is 0 Å². The van der Waals surface area contributed by atoms with Crippen LogP contribution in [-0.2, 0) is 0 Å². The minimum atomic E-state index is -3.32. The lowest BCUT2D eigenvalue weighted by atomic mass is 10.0. The van der Waals surface area contributed by atoms with Crippen molar-refractivity contribution in [3.05, 3.63) is 68.9 Å². The van der Waals surface area contributed by atoms with Gasteiger partial charge in [0.15, 0.2) is 11.6 Å². The highest BCUT2D eigenvalue weighted by molar-refractivity contribution is 6.29. The molecule has 164 valence electrons. The monoisotopic (exact) mass is 463 g/mol. The van der Waals surface area contributed by atoms with E-state index >= 15 is 0 Å². The predicted molar refractivity (Wildman–Crippen MR) is 100 cm³/mol. The van der Waals surface area contributed by atoms with Crippen molar-refractivity contribution < 1.29 is 31.1 Å². The van der Waals surface area contributed by atoms with Gasteiger partial charge in [-0.25, -0.2) is 31.3 Å². The zero-order valence-corrected chi connectivity index (χ0v) is 16.3. The SMILES string of the molecule is CC(CF)(NC(=O)c1cn(-c2c(F)cc(F)cc2F)c2nc(Cl)ccc2c1=O)C(F)F. The molecule has 0 radical (unpaired) electrons. The molecular weight excluding hydrogens is 452 g/mol. The summed E-state index contributed by atoms with van der Waals surface area (Å²) in [4.78, 5) is 29.1. The molecule has 3 rings (SSSR count). The van der Waals surface area contributed by atoms with Crippen molar-refractivity contribution in [3.8, 4) is 5.69 Å². The quantitative estimate of drug-likeness (QED) is 0.456. The molecule has 0 spiro atoms. The maximum absolute atomic E-state index is 14.4. The Bertz CT molecular complexity index is 1230. The Labute approximate surface area is 175 Å². The van der Waals surface area contributed by atoms with Gasteiger partial charge in [-0.2, -0.15) is 0 Å². The van der Waals surface area contributed by atoms with Gasteiger partial charge in [-0.15, -0.1) is 0 Å². The molecule has 0 aliphatic rings. The lowest BCUT2D eigenvalue weighted by Gasteiger charge is -2.26. The van der Waals surface area contributed by atoms with Gasteiger partial charge in [0.25, 0.3) is 12.3 Å². The zero-order chi connectivity index (χ0) is 23.1. The van der Waals surface area contributed by atoms with Crippen molar-refractivity contribution in [2.75, 3.05) is 6.67 Å². The number of halogens is 7. The van der Waals surface area contributed by atoms with Crippen LogP contribution in [0.5, 0.6) is 0 Å². The molecular formula is C19H12ClF6N3O2. The molecule has 1 N–H and O–H groups in total. The number of hydrogen-bond acceptors (Lipinski definition) is 3. The largest absolute Gasteiger partial charge is 0.338 e. The third-order valence-electron chi connectivity index (χ3n) is 4.44. The van der Waals surface area contributed by atoms with E-state index < -0.39 is 58.7 Å². The summed E-state index contributed by atoms with van der Waals surface area (Å²) in [5, 5.41) is 1.20. The molecule has 1 amide bonds. The van der Waals surface area contributed by atoms with Crippen molar-refractivity contribution in [3.63, 3.8) is 0 Å². The second-order valence-electron chi connectivity index (χ2n) is 6.77. The highest BCUT2D eigenvalue weighted by atomic mass is 35.5. The third-order valence-corrected chi connectivity index (χ3v) is 4.65. The number of carbonyl (C=O) groups excluding carboxylic acids is 1. The number of pyridine rings is 2. The summed E-state index contributed by atoms with van der Waals surface area (Å²) >= 11 is 5.80. The Balaban J connectivity index is 2.32. The highest BCUT2D eigenvalue weighted by Gasteiger charge is 2.38. The van der Waals surface area contributed by atoms with Crippen LogP contribution < -0.4 is 10.7 Å². The van der Waals surface area contributed by atoms with E-state index in [0.717, 1.165) is 19.1 Å². The molecule has 1 aromatic carbocycles. The fraction of sp³-hybridized carbons (Fsp3) is 0.211. The summed E-state index contributed by atoms with van der Waals surface area (Å²) in [5.74, 6) is -5.46. The molecule has 2 heterocycles. The first-order valence-corrected chi connectivity index (χ1v) is 8.89. The number of amides is 1. The molecule has 1 atom stereocenters. The van der Waals surface area contributed by atoms with E-state index in [0.29, 0.717) is 22.9 Å². The summed E-state index contributed by atoms with van der Waals surface area (Å²) in [6, 6.07) is 2.95. The van der Waals surface area contributed by atoms with Crippen LogP contribution in [0.15, 0.2) is 35.3 Å². The van der Waals surface area contributed by atoms with Crippen LogP contribution in [-0.4, -0.2) is 34.1 Å². The molecule has 0 saturated carbocycles. The maximum Gasteiger partial charge on any atom is 0.263 e. The van der Waals surface area contributed by atoms with Gasteiger partial charge in [0, 0.05) is 18.3 Å². The van der Waals surface area contributed by atoms with Gasteiger partial charge in [-0.05, 0) is 19.1 Å². The van der Waals surface area contributed by atoms with Crippen LogP contribution in [0.25, 0.3) is 16.7 Å². The number of alkyl halides is 3. The first-order valence-electron chi connectivity index (χ1n) is 8.52. The Hall–Kier alpha value is -3.08. The molecule has 12 heteroatoms. The molecule has 0 bridgehead atoms. The average Bonchev–Trinajstić information content (AvgIpc) is 2.68. The second kappa shape index (κ2) is 8.22. The molecule has 3 aromatic rings. The number of carbonyl (C=O) groups is 1. The number of nitrogens with one attached hydrogen (secondary N) is 1. The predicted octanol–water partition coefficient (Wildman–Crippen LogP) is 4.18. The van der Waals surface area contributed by atoms with Crippen LogP contribution in [0.4, 0.5) is 26.3 Å². The van der Waals surface area contributed by atoms with E-state index in [1.165, 1.54) is 0 Å². The summed E-state index contributed by atoms with van der Waals surface area (Å²) in [6.45, 7) is -0.938. The molecule has 2 aromatic heterocycles. The van der Waals surface area contributed by atoms with E-state index in [4.69, 9.17) is 11.6 Å². The topological polar surface area (TPSA) is 64.0 Å². The molecule has 0 aliphatic heterocycles. The number of rotatable bonds is 5. The van der Waals surface area contributed by atoms with E-state index in [-0.39, 0.29) is 16.2 Å². The third kappa shape index (κ3) is 4.09. The average molecular weight is 464 g/mol. The molecule has 1 unspecified atom stereocenters. The minimum absolute atomic E-state index is 0.177. The Morgan fingerprint density at radius 3 is 2.39 bits per heavy atom. The summed E-state index contributed by atoms with van der Waals surface area (Å²) in [5.41, 5.74) is -5.78. The van der Waals surface area contributed by atoms with Crippen LogP contribution >= 0.6 is 11.6 Å². The number of aromatic nitrogens is 2. The normalized spacial score (nSPS) is 13.5. The standard InChI is InChI=1S/C19H12ClF6N3O2/c1-19(7-21,18(25)26)28-17(31)10-6-29(14-11(23)4-8(22)5-12(14)24)16-9(15(10)30)2-3-13(20)27-16/h2-6,18H,7H2,1H3,(H,28,31). The van der Waals surface area contributed by atoms with Crippen LogP contribution in [0.3, 0.4) is 0 Å². The van der Waals surface area contributed by atoms with Crippen LogP contribution in [0.1, 0.15) is 17.3 Å². The Morgan fingerprint density at radius 1 is 1.23 bits per heavy atom. The van der Waals surface area contributed by atoms with Gasteiger partial charge < -0.3 is 5.32 Å². The minimum Gasteiger partial charge on any atom is -0.338 e. The summed E-state index contributed by atoms with van der Waals surface area (Å²) in [7, 11) is 0. The Kier molecular flexibility index (Phi) is 5.99. The fourth-order valence-corrected chi connectivity index (χ4v) is 2.89. The highest BCUT2D eigenvalue weighted by Crippen LogP contribution is 2.24. The van der Waals surface area contributed by atoms with Crippen molar-refractivity contribution in [1.82, 2.24) is 14.9 Å². The number of nitrogens with zero attached hydrogens (tertiary/aromatic N) is 2. The second-order valence-corrected chi connectivity index (χ2v) is 7.16. The summed E-state index contributed by atoms with van der Waals surface area (Å²) < 4.78 is 82.2. The Morgan fingerprint density at radius 2 is 1.84 bits per heavy atom. The molecule has 0 fully saturated rings. The van der Waals surface area contributed by atoms with Gasteiger partial charge in [-0.3, -0.25) is 14.2 Å². The maximum atomic E-state index is 14.4. The van der Waals surface area contributed by atoms with Crippen LogP contribution in [0.2, 0.25) is 5.15 Å². The van der Waals surface area contributed by atoms with Crippen molar-refractivity contribution in [2.45, 2.75) is 18.9 Å². The van der Waals surface area contributed by atoms with Crippen LogP contribution in [0, 0.1) is 17.5 Å². The van der Waals surface area contributed by atoms with E-state index in [1.54, 1.807) is 5.32 Å². The molecule has 31 heavy (non-hydrogen) atoms. The van der Waals surface area contributed by atoms with Gasteiger partial charge in [0.05, 0.1) is 5.39 Å². The fourth-order valence-electron chi connectivity index (χ4n) is 2.75. The van der Waals surface area contributed by atoms with E-state index in [9.17, 15) is 35.9 Å². The lowest BCUT2D eigenvalue weighted by molar-refractivity contribution is 0.0238. The van der Waals surface area contributed by atoms with Crippen molar-refractivity contribution >= 4 is 28.5 Å². The van der Waals surface area contributed by atoms with Gasteiger partial charge in [0.1, 0.15) is 40.1 Å². The van der Waals surface area contributed by atoms with Crippen molar-refractivity contribution in [1.29, 1.82) is 0 Å². The van der Waals surface area contributed by atoms with E-state index in [1.807, 2.05) is 0 Å². The molecule has 0 saturated heterocycles. The van der Waals surface area contributed by atoms with Gasteiger partial charge in [-0.1, -0.05) is 11.6 Å². The summed E-state index contributed by atoms with van der Waals surface area (Å²) in [6.07, 6.45) is -2.69. The van der Waals surface area contributed by atoms with Gasteiger partial charge >= 0.3 is 0 Å². The number of hydrogen-bond donors (Lipinski definition) is 1. The van der Waals surface area contributed by atoms with Gasteiger partial charge in [0.2, 0.25) is 5.43 Å². The smallest absolute Gasteiger partial charge is 0.263 e. The molecule has 5 nitrogen and oxygen atoms in total. The zero-order valence-electron chi connectivity index (χ0n) is 15.5. The first kappa shape index (κ1) is 22.6.